The number of nitrogens with one attached hydrogen (secondary N) is 1. The molecular formula is C20H31N3O2. The molecule has 1 aromatic carbocycles. The summed E-state index contributed by atoms with van der Waals surface area (Å²) in [5.74, 6) is 0.106. The van der Waals surface area contributed by atoms with Crippen molar-refractivity contribution >= 4 is 17.5 Å². The smallest absolute Gasteiger partial charge is 0.225 e. The minimum Gasteiger partial charge on any atom is -0.368 e. The molecule has 5 heteroatoms. The number of carbonyl (C=O) groups is 2. The minimum atomic E-state index is -0.416. The van der Waals surface area contributed by atoms with Crippen LogP contribution in [0.25, 0.3) is 0 Å². The van der Waals surface area contributed by atoms with Crippen LogP contribution in [0.15, 0.2) is 18.2 Å². The molecule has 1 aromatic rings. The predicted octanol–water partition coefficient (Wildman–Crippen LogP) is 2.50. The number of aryl methyl sites for hydroxylation is 1. The largest absolute Gasteiger partial charge is 0.368 e. The van der Waals surface area contributed by atoms with Gasteiger partial charge in [0.05, 0.1) is 0 Å². The Morgan fingerprint density at radius 3 is 2.32 bits per heavy atom. The molecule has 0 atom stereocenters. The second-order valence-electron chi connectivity index (χ2n) is 7.84. The van der Waals surface area contributed by atoms with E-state index in [1.165, 1.54) is 16.8 Å². The fourth-order valence-corrected chi connectivity index (χ4v) is 2.98. The third kappa shape index (κ3) is 4.97. The number of carbonyl (C=O) groups excluding carboxylic acids is 2. The summed E-state index contributed by atoms with van der Waals surface area (Å²) in [5, 5.41) is 2.84. The van der Waals surface area contributed by atoms with Gasteiger partial charge in [-0.05, 0) is 31.0 Å². The summed E-state index contributed by atoms with van der Waals surface area (Å²) in [6, 6.07) is 6.37. The first-order valence-corrected chi connectivity index (χ1v) is 9.07. The van der Waals surface area contributed by atoms with E-state index in [1.807, 2.05) is 25.7 Å². The number of nitrogens with zero attached hydrogens (tertiary/aromatic N) is 2. The lowest BCUT2D eigenvalue weighted by Gasteiger charge is -2.37. The molecule has 138 valence electrons. The van der Waals surface area contributed by atoms with Gasteiger partial charge in [0, 0.05) is 50.2 Å². The molecule has 1 aliphatic rings. The van der Waals surface area contributed by atoms with Gasteiger partial charge in [0.15, 0.2) is 0 Å². The van der Waals surface area contributed by atoms with Crippen LogP contribution in [0, 0.1) is 19.3 Å². The summed E-state index contributed by atoms with van der Waals surface area (Å²) in [5.41, 5.74) is 3.46. The Balaban J connectivity index is 1.80. The van der Waals surface area contributed by atoms with Gasteiger partial charge in [-0.15, -0.1) is 0 Å². The molecule has 0 unspecified atom stereocenters. The van der Waals surface area contributed by atoms with E-state index in [9.17, 15) is 9.59 Å². The van der Waals surface area contributed by atoms with Crippen molar-refractivity contribution in [3.05, 3.63) is 29.3 Å². The maximum Gasteiger partial charge on any atom is 0.225 e. The number of hydrogen-bond acceptors (Lipinski definition) is 3. The van der Waals surface area contributed by atoms with Crippen molar-refractivity contribution in [2.24, 2.45) is 5.41 Å². The fraction of sp³-hybridized carbons (Fsp3) is 0.600. The van der Waals surface area contributed by atoms with Crippen molar-refractivity contribution in [2.75, 3.05) is 37.6 Å². The van der Waals surface area contributed by atoms with E-state index in [0.29, 0.717) is 13.0 Å². The number of hydrogen-bond donors (Lipinski definition) is 1. The lowest BCUT2D eigenvalue weighted by atomic mass is 9.96. The highest BCUT2D eigenvalue weighted by atomic mass is 16.2. The molecule has 25 heavy (non-hydrogen) atoms. The molecule has 5 nitrogen and oxygen atoms in total. The first-order chi connectivity index (χ1) is 11.7. The molecule has 0 aromatic heterocycles. The van der Waals surface area contributed by atoms with Crippen LogP contribution in [0.4, 0.5) is 5.69 Å². The SMILES string of the molecule is Cc1cccc(N2CCN(C(=O)CCNC(=O)C(C)(C)C)CC2)c1C. The number of benzene rings is 1. The van der Waals surface area contributed by atoms with E-state index in [2.05, 4.69) is 42.3 Å². The monoisotopic (exact) mass is 345 g/mol. The molecule has 2 amide bonds. The zero-order valence-electron chi connectivity index (χ0n) is 16.2. The molecule has 0 radical (unpaired) electrons. The van der Waals surface area contributed by atoms with Crippen molar-refractivity contribution in [1.29, 1.82) is 0 Å². The molecular weight excluding hydrogens is 314 g/mol. The van der Waals surface area contributed by atoms with E-state index in [4.69, 9.17) is 0 Å². The van der Waals surface area contributed by atoms with Crippen LogP contribution in [-0.2, 0) is 9.59 Å². The molecule has 0 spiro atoms. The fourth-order valence-electron chi connectivity index (χ4n) is 2.98. The van der Waals surface area contributed by atoms with E-state index in [0.717, 1.165) is 26.2 Å². The average Bonchev–Trinajstić information content (AvgIpc) is 2.56. The standard InChI is InChI=1S/C20H31N3O2/c1-15-7-6-8-17(16(15)2)22-11-13-23(14-12-22)18(24)9-10-21-19(25)20(3,4)5/h6-8H,9-14H2,1-5H3,(H,21,25). The molecule has 1 saturated heterocycles. The van der Waals surface area contributed by atoms with Gasteiger partial charge in [-0.3, -0.25) is 9.59 Å². The number of amides is 2. The molecule has 1 N–H and O–H groups in total. The highest BCUT2D eigenvalue weighted by Gasteiger charge is 2.23. The first kappa shape index (κ1) is 19.3. The zero-order chi connectivity index (χ0) is 18.6. The normalized spacial score (nSPS) is 15.2. The van der Waals surface area contributed by atoms with Crippen LogP contribution in [0.5, 0.6) is 0 Å². The van der Waals surface area contributed by atoms with Crippen molar-refractivity contribution in [1.82, 2.24) is 10.2 Å². The minimum absolute atomic E-state index is 0.0139. The third-order valence-electron chi connectivity index (χ3n) is 4.85. The van der Waals surface area contributed by atoms with Gasteiger partial charge < -0.3 is 15.1 Å². The molecule has 0 bridgehead atoms. The predicted molar refractivity (Wildman–Crippen MR) is 102 cm³/mol. The van der Waals surface area contributed by atoms with Crippen molar-refractivity contribution in [2.45, 2.75) is 41.0 Å². The highest BCUT2D eigenvalue weighted by Crippen LogP contribution is 2.24. The molecule has 1 fully saturated rings. The van der Waals surface area contributed by atoms with Crippen molar-refractivity contribution in [3.63, 3.8) is 0 Å². The second kappa shape index (κ2) is 7.89. The lowest BCUT2D eigenvalue weighted by molar-refractivity contribution is -0.132. The van der Waals surface area contributed by atoms with E-state index >= 15 is 0 Å². The second-order valence-corrected chi connectivity index (χ2v) is 7.84. The number of piperazine rings is 1. The van der Waals surface area contributed by atoms with Crippen LogP contribution in [0.3, 0.4) is 0 Å². The van der Waals surface area contributed by atoms with Gasteiger partial charge in [-0.1, -0.05) is 32.9 Å². The van der Waals surface area contributed by atoms with Gasteiger partial charge >= 0.3 is 0 Å². The van der Waals surface area contributed by atoms with E-state index in [-0.39, 0.29) is 11.8 Å². The van der Waals surface area contributed by atoms with E-state index in [1.54, 1.807) is 0 Å². The molecule has 1 aliphatic heterocycles. The Bertz CT molecular complexity index is 626. The molecule has 1 heterocycles. The summed E-state index contributed by atoms with van der Waals surface area (Å²) in [7, 11) is 0. The third-order valence-corrected chi connectivity index (χ3v) is 4.85. The van der Waals surface area contributed by atoms with Gasteiger partial charge in [0.1, 0.15) is 0 Å². The topological polar surface area (TPSA) is 52.6 Å². The Morgan fingerprint density at radius 2 is 1.72 bits per heavy atom. The molecule has 2 rings (SSSR count). The van der Waals surface area contributed by atoms with Gasteiger partial charge in [0.25, 0.3) is 0 Å². The van der Waals surface area contributed by atoms with Crippen LogP contribution < -0.4 is 10.2 Å². The summed E-state index contributed by atoms with van der Waals surface area (Å²) < 4.78 is 0. The van der Waals surface area contributed by atoms with Gasteiger partial charge in [-0.2, -0.15) is 0 Å². The Labute approximate surface area is 151 Å². The van der Waals surface area contributed by atoms with Crippen LogP contribution in [0.1, 0.15) is 38.3 Å². The maximum atomic E-state index is 12.3. The van der Waals surface area contributed by atoms with Gasteiger partial charge in [0.2, 0.25) is 11.8 Å². The van der Waals surface area contributed by atoms with Crippen molar-refractivity contribution in [3.8, 4) is 0 Å². The Morgan fingerprint density at radius 1 is 1.08 bits per heavy atom. The summed E-state index contributed by atoms with van der Waals surface area (Å²) in [4.78, 5) is 28.5. The highest BCUT2D eigenvalue weighted by molar-refractivity contribution is 5.82. The quantitative estimate of drug-likeness (QED) is 0.912. The Kier molecular flexibility index (Phi) is 6.09. The Hall–Kier alpha value is -2.04. The van der Waals surface area contributed by atoms with Crippen LogP contribution in [0.2, 0.25) is 0 Å². The zero-order valence-corrected chi connectivity index (χ0v) is 16.2. The summed E-state index contributed by atoms with van der Waals surface area (Å²) in [6.07, 6.45) is 0.366. The summed E-state index contributed by atoms with van der Waals surface area (Å²) >= 11 is 0. The molecule has 0 saturated carbocycles. The average molecular weight is 345 g/mol. The first-order valence-electron chi connectivity index (χ1n) is 9.07. The number of anilines is 1. The van der Waals surface area contributed by atoms with Crippen LogP contribution >= 0.6 is 0 Å². The van der Waals surface area contributed by atoms with E-state index < -0.39 is 5.41 Å². The van der Waals surface area contributed by atoms with Crippen LogP contribution in [-0.4, -0.2) is 49.4 Å². The van der Waals surface area contributed by atoms with Gasteiger partial charge in [-0.25, -0.2) is 0 Å². The number of rotatable bonds is 4. The van der Waals surface area contributed by atoms with Crippen molar-refractivity contribution < 1.29 is 9.59 Å². The maximum absolute atomic E-state index is 12.3. The lowest BCUT2D eigenvalue weighted by Crippen LogP contribution is -2.49. The molecule has 0 aliphatic carbocycles. The summed E-state index contributed by atoms with van der Waals surface area (Å²) in [6.45, 7) is 13.5.